The van der Waals surface area contributed by atoms with E-state index in [4.69, 9.17) is 4.74 Å². The summed E-state index contributed by atoms with van der Waals surface area (Å²) in [7, 11) is 0. The van der Waals surface area contributed by atoms with E-state index in [0.29, 0.717) is 11.3 Å². The minimum Gasteiger partial charge on any atom is -0.457 e. The van der Waals surface area contributed by atoms with Crippen LogP contribution in [-0.4, -0.2) is 12.0 Å². The zero-order valence-corrected chi connectivity index (χ0v) is 11.2. The normalized spacial score (nSPS) is 10.1. The molecule has 0 atom stereocenters. The Labute approximate surface area is 111 Å². The molecule has 2 rings (SSSR count). The number of para-hydroxylation sites is 1. The topological polar surface area (TPSA) is 26.3 Å². The van der Waals surface area contributed by atoms with Gasteiger partial charge in [-0.15, -0.1) is 11.8 Å². The smallest absolute Gasteiger partial charge is 0.163 e. The lowest BCUT2D eigenvalue weighted by atomic mass is 10.1. The van der Waals surface area contributed by atoms with Crippen LogP contribution in [0.4, 0.5) is 0 Å². The van der Waals surface area contributed by atoms with Crippen LogP contribution in [0.5, 0.6) is 11.5 Å². The first-order valence-corrected chi connectivity index (χ1v) is 6.85. The maximum Gasteiger partial charge on any atom is 0.163 e. The van der Waals surface area contributed by atoms with E-state index in [9.17, 15) is 4.79 Å². The molecule has 0 aromatic heterocycles. The molecule has 2 aromatic carbocycles. The fourth-order valence-electron chi connectivity index (χ4n) is 1.62. The second kappa shape index (κ2) is 5.74. The molecule has 18 heavy (non-hydrogen) atoms. The third-order valence-corrected chi connectivity index (χ3v) is 3.30. The van der Waals surface area contributed by atoms with Gasteiger partial charge in [0.25, 0.3) is 0 Å². The summed E-state index contributed by atoms with van der Waals surface area (Å²) in [5.74, 6) is 1.34. The van der Waals surface area contributed by atoms with Gasteiger partial charge in [-0.3, -0.25) is 4.79 Å². The number of ether oxygens (including phenoxy) is 1. The lowest BCUT2D eigenvalue weighted by Gasteiger charge is -2.09. The summed E-state index contributed by atoms with van der Waals surface area (Å²) in [5.41, 5.74) is 0.603. The molecule has 0 N–H and O–H groups in total. The summed E-state index contributed by atoms with van der Waals surface area (Å²) in [6.45, 7) is 1.54. The molecule has 0 saturated heterocycles. The lowest BCUT2D eigenvalue weighted by Crippen LogP contribution is -1.96. The first-order chi connectivity index (χ1) is 8.70. The van der Waals surface area contributed by atoms with E-state index in [1.165, 1.54) is 4.90 Å². The predicted molar refractivity (Wildman–Crippen MR) is 74.7 cm³/mol. The summed E-state index contributed by atoms with van der Waals surface area (Å²) in [6.07, 6.45) is 2.03. The van der Waals surface area contributed by atoms with Gasteiger partial charge in [0.05, 0.1) is 5.56 Å². The minimum absolute atomic E-state index is 0.00586. The Hall–Kier alpha value is -1.74. The fourth-order valence-corrected chi connectivity index (χ4v) is 2.03. The molecule has 0 aliphatic carbocycles. The van der Waals surface area contributed by atoms with Gasteiger partial charge in [-0.05, 0) is 49.6 Å². The van der Waals surface area contributed by atoms with E-state index in [0.717, 1.165) is 5.75 Å². The number of carbonyl (C=O) groups excluding carboxylic acids is 1. The predicted octanol–water partition coefficient (Wildman–Crippen LogP) is 4.40. The van der Waals surface area contributed by atoms with Crippen LogP contribution in [0.3, 0.4) is 0 Å². The number of benzene rings is 2. The monoisotopic (exact) mass is 258 g/mol. The Morgan fingerprint density at radius 3 is 2.33 bits per heavy atom. The van der Waals surface area contributed by atoms with Gasteiger partial charge >= 0.3 is 0 Å². The molecule has 0 unspecified atom stereocenters. The van der Waals surface area contributed by atoms with E-state index in [1.807, 2.05) is 42.7 Å². The van der Waals surface area contributed by atoms with Gasteiger partial charge in [0.15, 0.2) is 5.78 Å². The summed E-state index contributed by atoms with van der Waals surface area (Å²) >= 11 is 1.68. The van der Waals surface area contributed by atoms with Crippen molar-refractivity contribution in [3.63, 3.8) is 0 Å². The maximum atomic E-state index is 11.5. The Bertz CT molecular complexity index is 547. The summed E-state index contributed by atoms with van der Waals surface area (Å²) in [6, 6.07) is 15.1. The molecule has 0 heterocycles. The van der Waals surface area contributed by atoms with Gasteiger partial charge in [-0.2, -0.15) is 0 Å². The molecule has 0 radical (unpaired) electrons. The molecular weight excluding hydrogens is 244 g/mol. The third-order valence-electron chi connectivity index (χ3n) is 2.55. The number of rotatable bonds is 4. The highest BCUT2D eigenvalue weighted by atomic mass is 32.2. The SMILES string of the molecule is CSc1ccc(Oc2ccccc2C(C)=O)cc1. The molecule has 2 aromatic rings. The van der Waals surface area contributed by atoms with Crippen molar-refractivity contribution in [3.05, 3.63) is 54.1 Å². The Morgan fingerprint density at radius 1 is 1.06 bits per heavy atom. The van der Waals surface area contributed by atoms with Crippen molar-refractivity contribution in [1.82, 2.24) is 0 Å². The van der Waals surface area contributed by atoms with Crippen LogP contribution in [0.15, 0.2) is 53.4 Å². The van der Waals surface area contributed by atoms with Gasteiger partial charge in [0, 0.05) is 4.90 Å². The van der Waals surface area contributed by atoms with Crippen LogP contribution in [0.2, 0.25) is 0 Å². The summed E-state index contributed by atoms with van der Waals surface area (Å²) in [4.78, 5) is 12.7. The molecule has 0 spiro atoms. The first-order valence-electron chi connectivity index (χ1n) is 5.62. The van der Waals surface area contributed by atoms with E-state index in [2.05, 4.69) is 0 Å². The first kappa shape index (κ1) is 12.7. The van der Waals surface area contributed by atoms with Crippen molar-refractivity contribution in [2.75, 3.05) is 6.26 Å². The van der Waals surface area contributed by atoms with Crippen molar-refractivity contribution in [2.45, 2.75) is 11.8 Å². The van der Waals surface area contributed by atoms with Crippen LogP contribution in [0, 0.1) is 0 Å². The molecular formula is C15H14O2S. The number of thioether (sulfide) groups is 1. The molecule has 2 nitrogen and oxygen atoms in total. The Balaban J connectivity index is 2.25. The van der Waals surface area contributed by atoms with Crippen LogP contribution >= 0.6 is 11.8 Å². The maximum absolute atomic E-state index is 11.5. The third kappa shape index (κ3) is 2.93. The largest absolute Gasteiger partial charge is 0.457 e. The molecule has 0 aliphatic rings. The lowest BCUT2D eigenvalue weighted by molar-refractivity contribution is 0.101. The second-order valence-corrected chi connectivity index (χ2v) is 4.71. The zero-order chi connectivity index (χ0) is 13.0. The molecule has 0 fully saturated rings. The van der Waals surface area contributed by atoms with Crippen molar-refractivity contribution in [3.8, 4) is 11.5 Å². The quantitative estimate of drug-likeness (QED) is 0.600. The van der Waals surface area contributed by atoms with E-state index in [1.54, 1.807) is 30.8 Å². The van der Waals surface area contributed by atoms with Crippen molar-refractivity contribution >= 4 is 17.5 Å². The van der Waals surface area contributed by atoms with Crippen LogP contribution in [0.25, 0.3) is 0 Å². The van der Waals surface area contributed by atoms with Gasteiger partial charge in [0.1, 0.15) is 11.5 Å². The van der Waals surface area contributed by atoms with Crippen molar-refractivity contribution in [1.29, 1.82) is 0 Å². The van der Waals surface area contributed by atoms with Gasteiger partial charge in [0.2, 0.25) is 0 Å². The highest BCUT2D eigenvalue weighted by molar-refractivity contribution is 7.98. The Morgan fingerprint density at radius 2 is 1.72 bits per heavy atom. The standard InChI is InChI=1S/C15H14O2S/c1-11(16)14-5-3-4-6-15(14)17-12-7-9-13(18-2)10-8-12/h3-10H,1-2H3. The van der Waals surface area contributed by atoms with Gasteiger partial charge in [-0.1, -0.05) is 12.1 Å². The molecule has 0 bridgehead atoms. The summed E-state index contributed by atoms with van der Waals surface area (Å²) < 4.78 is 5.74. The molecule has 0 saturated carbocycles. The van der Waals surface area contributed by atoms with E-state index in [-0.39, 0.29) is 5.78 Å². The van der Waals surface area contributed by atoms with Crippen LogP contribution in [0.1, 0.15) is 17.3 Å². The van der Waals surface area contributed by atoms with E-state index >= 15 is 0 Å². The average molecular weight is 258 g/mol. The van der Waals surface area contributed by atoms with Gasteiger partial charge in [-0.25, -0.2) is 0 Å². The second-order valence-electron chi connectivity index (χ2n) is 3.83. The highest BCUT2D eigenvalue weighted by Crippen LogP contribution is 2.27. The number of hydrogen-bond donors (Lipinski definition) is 0. The zero-order valence-electron chi connectivity index (χ0n) is 10.3. The average Bonchev–Trinajstić information content (AvgIpc) is 2.40. The highest BCUT2D eigenvalue weighted by Gasteiger charge is 2.08. The minimum atomic E-state index is 0.00586. The fraction of sp³-hybridized carbons (Fsp3) is 0.133. The number of Topliss-reactive ketones (excluding diaryl/α,β-unsaturated/α-hetero) is 1. The van der Waals surface area contributed by atoms with Gasteiger partial charge < -0.3 is 4.74 Å². The number of carbonyl (C=O) groups is 1. The Kier molecular flexibility index (Phi) is 4.05. The van der Waals surface area contributed by atoms with Crippen molar-refractivity contribution < 1.29 is 9.53 Å². The molecule has 92 valence electrons. The molecule has 0 amide bonds. The number of hydrogen-bond acceptors (Lipinski definition) is 3. The number of ketones is 1. The van der Waals surface area contributed by atoms with Crippen LogP contribution < -0.4 is 4.74 Å². The summed E-state index contributed by atoms with van der Waals surface area (Å²) in [5, 5.41) is 0. The molecule has 0 aliphatic heterocycles. The van der Waals surface area contributed by atoms with E-state index < -0.39 is 0 Å². The van der Waals surface area contributed by atoms with Crippen LogP contribution in [-0.2, 0) is 0 Å². The molecule has 3 heteroatoms. The van der Waals surface area contributed by atoms with Crippen molar-refractivity contribution in [2.24, 2.45) is 0 Å².